The van der Waals surface area contributed by atoms with Crippen molar-refractivity contribution in [3.63, 3.8) is 0 Å². The lowest BCUT2D eigenvalue weighted by Crippen LogP contribution is -2.49. The highest BCUT2D eigenvalue weighted by Crippen LogP contribution is 2.32. The summed E-state index contributed by atoms with van der Waals surface area (Å²) in [5.41, 5.74) is 1.04. The van der Waals surface area contributed by atoms with Gasteiger partial charge in [0.15, 0.2) is 0 Å². The largest absolute Gasteiger partial charge is 0.356 e. The number of benzene rings is 1. The molecule has 40 heavy (non-hydrogen) atoms. The van der Waals surface area contributed by atoms with Crippen LogP contribution in [0.1, 0.15) is 57.9 Å². The highest BCUT2D eigenvalue weighted by atomic mass is 16.2. The van der Waals surface area contributed by atoms with Gasteiger partial charge in [-0.05, 0) is 68.9 Å². The number of hydrogen-bond donors (Lipinski definition) is 2. The van der Waals surface area contributed by atoms with E-state index in [9.17, 15) is 19.2 Å². The molecule has 0 unspecified atom stereocenters. The lowest BCUT2D eigenvalue weighted by atomic mass is 9.80. The minimum Gasteiger partial charge on any atom is -0.356 e. The number of nitrogens with one attached hydrogen (secondary N) is 2. The molecule has 3 heterocycles. The molecule has 9 nitrogen and oxygen atoms in total. The monoisotopic (exact) mass is 553 g/mol. The smallest absolute Gasteiger partial charge is 0.242 e. The quantitative estimate of drug-likeness (QED) is 0.583. The first-order valence-electron chi connectivity index (χ1n) is 15.0. The molecule has 2 N–H and O–H groups in total. The van der Waals surface area contributed by atoms with Crippen LogP contribution in [0.15, 0.2) is 30.3 Å². The van der Waals surface area contributed by atoms with Crippen molar-refractivity contribution in [3.05, 3.63) is 35.9 Å². The molecule has 4 atom stereocenters. The van der Waals surface area contributed by atoms with Gasteiger partial charge in [-0.2, -0.15) is 0 Å². The number of carbonyl (C=O) groups is 4. The standard InChI is InChI=1S/C31H47N5O4/c1-22(2)35-13-10-25-17-30(39)34(3)21-31(40)36-14-11-24(15-29(38)33-18-23-7-5-4-6-8-23)27(20-36)16-28(37)32-12-9-26(25)19-35/h4-8,22,24-27H,9-21H2,1-3H3,(H,32,37)(H,33,38)/t24-,25-,26-,27-/m0/s1. The molecule has 9 heteroatoms. The summed E-state index contributed by atoms with van der Waals surface area (Å²) >= 11 is 0. The highest BCUT2D eigenvalue weighted by molar-refractivity contribution is 5.85. The molecule has 1 aromatic rings. The van der Waals surface area contributed by atoms with Crippen molar-refractivity contribution in [1.82, 2.24) is 25.3 Å². The number of hydrogen-bond acceptors (Lipinski definition) is 5. The lowest BCUT2D eigenvalue weighted by molar-refractivity contribution is -0.142. The van der Waals surface area contributed by atoms with Crippen molar-refractivity contribution in [2.45, 2.75) is 65.0 Å². The van der Waals surface area contributed by atoms with Gasteiger partial charge in [-0.15, -0.1) is 0 Å². The van der Waals surface area contributed by atoms with Crippen LogP contribution in [0.2, 0.25) is 0 Å². The molecular formula is C31H47N5O4. The SMILES string of the molecule is CC(C)N1CC[C@H]2CC(=O)N(C)CC(=O)N3CC[C@@H](CC(=O)NCc4ccccc4)[C@@H](CC(=O)NCC[C@H]2C1)C3. The molecule has 0 spiro atoms. The summed E-state index contributed by atoms with van der Waals surface area (Å²) in [6.07, 6.45) is 3.51. The van der Waals surface area contributed by atoms with Gasteiger partial charge in [-0.1, -0.05) is 30.3 Å². The Morgan fingerprint density at radius 3 is 2.48 bits per heavy atom. The van der Waals surface area contributed by atoms with Crippen molar-refractivity contribution < 1.29 is 19.2 Å². The molecule has 3 fully saturated rings. The van der Waals surface area contributed by atoms with Crippen LogP contribution >= 0.6 is 0 Å². The van der Waals surface area contributed by atoms with Crippen LogP contribution in [-0.2, 0) is 25.7 Å². The molecule has 0 aliphatic carbocycles. The first-order valence-corrected chi connectivity index (χ1v) is 15.0. The summed E-state index contributed by atoms with van der Waals surface area (Å²) < 4.78 is 0. The van der Waals surface area contributed by atoms with E-state index in [1.54, 1.807) is 16.8 Å². The molecule has 3 saturated heterocycles. The molecule has 1 aromatic carbocycles. The predicted octanol–water partition coefficient (Wildman–Crippen LogP) is 2.26. The highest BCUT2D eigenvalue weighted by Gasteiger charge is 2.36. The van der Waals surface area contributed by atoms with Crippen molar-refractivity contribution >= 4 is 23.6 Å². The first kappa shape index (κ1) is 30.0. The van der Waals surface area contributed by atoms with E-state index in [2.05, 4.69) is 29.4 Å². The molecule has 2 bridgehead atoms. The Morgan fingerprint density at radius 1 is 0.950 bits per heavy atom. The zero-order valence-electron chi connectivity index (χ0n) is 24.4. The number of carbonyl (C=O) groups excluding carboxylic acids is 4. The molecule has 220 valence electrons. The second kappa shape index (κ2) is 14.1. The Kier molecular flexibility index (Phi) is 10.6. The van der Waals surface area contributed by atoms with Crippen LogP contribution in [-0.4, -0.2) is 90.7 Å². The Morgan fingerprint density at radius 2 is 1.73 bits per heavy atom. The number of rotatable bonds is 5. The first-order chi connectivity index (χ1) is 19.2. The van der Waals surface area contributed by atoms with E-state index in [0.29, 0.717) is 63.8 Å². The number of likely N-dealkylation sites (tertiary alicyclic amines) is 1. The minimum atomic E-state index is -0.106. The van der Waals surface area contributed by atoms with Crippen LogP contribution < -0.4 is 10.6 Å². The van der Waals surface area contributed by atoms with E-state index >= 15 is 0 Å². The summed E-state index contributed by atoms with van der Waals surface area (Å²) in [7, 11) is 1.73. The molecule has 0 saturated carbocycles. The Balaban J connectivity index is 1.43. The second-order valence-electron chi connectivity index (χ2n) is 12.3. The maximum Gasteiger partial charge on any atom is 0.242 e. The number of likely N-dealkylation sites (N-methyl/N-ethyl adjacent to an activating group) is 1. The Labute approximate surface area is 239 Å². The van der Waals surface area contributed by atoms with E-state index in [-0.39, 0.29) is 47.9 Å². The molecule has 3 aliphatic rings. The van der Waals surface area contributed by atoms with Gasteiger partial charge in [0.1, 0.15) is 0 Å². The van der Waals surface area contributed by atoms with Gasteiger partial charge in [-0.3, -0.25) is 19.2 Å². The van der Waals surface area contributed by atoms with Gasteiger partial charge in [0.25, 0.3) is 0 Å². The third kappa shape index (κ3) is 8.29. The molecule has 0 radical (unpaired) electrons. The zero-order valence-corrected chi connectivity index (χ0v) is 24.4. The zero-order chi connectivity index (χ0) is 28.6. The van der Waals surface area contributed by atoms with E-state index in [1.807, 2.05) is 30.3 Å². The second-order valence-corrected chi connectivity index (χ2v) is 12.3. The molecular weight excluding hydrogens is 506 g/mol. The number of fused-ring (bicyclic) bond motifs is 3. The van der Waals surface area contributed by atoms with Crippen LogP contribution in [0.3, 0.4) is 0 Å². The fraction of sp³-hybridized carbons (Fsp3) is 0.677. The third-order valence-electron chi connectivity index (χ3n) is 9.20. The van der Waals surface area contributed by atoms with Crippen LogP contribution in [0.4, 0.5) is 0 Å². The number of piperidine rings is 2. The summed E-state index contributed by atoms with van der Waals surface area (Å²) in [6, 6.07) is 10.2. The van der Waals surface area contributed by atoms with E-state index in [4.69, 9.17) is 0 Å². The Bertz CT molecular complexity index is 1030. The molecule has 4 amide bonds. The van der Waals surface area contributed by atoms with Gasteiger partial charge in [0.05, 0.1) is 6.54 Å². The Hall–Kier alpha value is -2.94. The number of nitrogens with zero attached hydrogens (tertiary/aromatic N) is 3. The fourth-order valence-corrected chi connectivity index (χ4v) is 6.57. The summed E-state index contributed by atoms with van der Waals surface area (Å²) in [5, 5.41) is 6.14. The van der Waals surface area contributed by atoms with Crippen molar-refractivity contribution in [2.24, 2.45) is 23.7 Å². The summed E-state index contributed by atoms with van der Waals surface area (Å²) in [6.45, 7) is 8.35. The van der Waals surface area contributed by atoms with Crippen LogP contribution in [0.5, 0.6) is 0 Å². The van der Waals surface area contributed by atoms with Gasteiger partial charge in [-0.25, -0.2) is 0 Å². The van der Waals surface area contributed by atoms with Crippen LogP contribution in [0.25, 0.3) is 0 Å². The van der Waals surface area contributed by atoms with Gasteiger partial charge in [0.2, 0.25) is 23.6 Å². The van der Waals surface area contributed by atoms with Crippen molar-refractivity contribution in [3.8, 4) is 0 Å². The molecule has 4 rings (SSSR count). The molecule has 3 aliphatic heterocycles. The normalized spacial score (nSPS) is 27.4. The third-order valence-corrected chi connectivity index (χ3v) is 9.20. The average molecular weight is 554 g/mol. The van der Waals surface area contributed by atoms with Crippen LogP contribution in [0, 0.1) is 23.7 Å². The van der Waals surface area contributed by atoms with Crippen molar-refractivity contribution in [2.75, 3.05) is 46.3 Å². The fourth-order valence-electron chi connectivity index (χ4n) is 6.57. The van der Waals surface area contributed by atoms with Crippen molar-refractivity contribution in [1.29, 1.82) is 0 Å². The minimum absolute atomic E-state index is 0.0155. The predicted molar refractivity (Wildman–Crippen MR) is 154 cm³/mol. The van der Waals surface area contributed by atoms with Gasteiger partial charge in [0, 0.05) is 65.1 Å². The van der Waals surface area contributed by atoms with Gasteiger partial charge >= 0.3 is 0 Å². The number of amides is 4. The van der Waals surface area contributed by atoms with Gasteiger partial charge < -0.3 is 25.3 Å². The van der Waals surface area contributed by atoms with E-state index in [0.717, 1.165) is 31.5 Å². The maximum atomic E-state index is 13.2. The van der Waals surface area contributed by atoms with E-state index in [1.165, 1.54) is 0 Å². The molecule has 0 aromatic heterocycles. The summed E-state index contributed by atoms with van der Waals surface area (Å²) in [5.74, 6) is 0.349. The van der Waals surface area contributed by atoms with E-state index < -0.39 is 0 Å². The maximum absolute atomic E-state index is 13.2. The topological polar surface area (TPSA) is 102 Å². The average Bonchev–Trinajstić information content (AvgIpc) is 2.93. The summed E-state index contributed by atoms with van der Waals surface area (Å²) in [4.78, 5) is 58.1. The lowest BCUT2D eigenvalue weighted by Gasteiger charge is -2.41.